The molecule has 0 aromatic heterocycles. The van der Waals surface area contributed by atoms with Crippen LogP contribution in [0.4, 0.5) is 0 Å². The van der Waals surface area contributed by atoms with E-state index in [9.17, 15) is 4.79 Å². The zero-order chi connectivity index (χ0) is 13.8. The Labute approximate surface area is 108 Å². The second-order valence-corrected chi connectivity index (χ2v) is 5.54. The minimum absolute atomic E-state index is 0.0293. The van der Waals surface area contributed by atoms with Crippen molar-refractivity contribution in [3.8, 4) is 0 Å². The summed E-state index contributed by atoms with van der Waals surface area (Å²) in [5.74, 6) is -0.145. The lowest BCUT2D eigenvalue weighted by Gasteiger charge is -2.25. The zero-order valence-corrected chi connectivity index (χ0v) is 11.2. The van der Waals surface area contributed by atoms with Crippen LogP contribution in [-0.4, -0.2) is 17.1 Å². The Hall–Kier alpha value is -1.39. The van der Waals surface area contributed by atoms with Crippen LogP contribution in [0.25, 0.3) is 0 Å². The van der Waals surface area contributed by atoms with E-state index in [1.165, 1.54) is 0 Å². The van der Waals surface area contributed by atoms with Gasteiger partial charge in [-0.15, -0.1) is 0 Å². The molecule has 0 fully saturated rings. The van der Waals surface area contributed by atoms with Gasteiger partial charge in [0.15, 0.2) is 0 Å². The molecule has 0 saturated carbocycles. The number of benzene rings is 1. The number of nitrogens with one attached hydrogen (secondary N) is 1. The summed E-state index contributed by atoms with van der Waals surface area (Å²) in [5, 5.41) is 11.7. The lowest BCUT2D eigenvalue weighted by molar-refractivity contribution is -0.124. The number of nitrogens with two attached hydrogens (primary N) is 1. The smallest absolute Gasteiger partial charge is 0.237 e. The average Bonchev–Trinajstić information content (AvgIpc) is 2.34. The second kappa shape index (κ2) is 5.98. The van der Waals surface area contributed by atoms with Crippen molar-refractivity contribution in [1.29, 1.82) is 0 Å². The minimum atomic E-state index is -0.519. The first-order valence-electron chi connectivity index (χ1n) is 6.06. The topological polar surface area (TPSA) is 75.4 Å². The van der Waals surface area contributed by atoms with Crippen molar-refractivity contribution >= 4 is 5.91 Å². The molecular formula is C14H22N2O2. The van der Waals surface area contributed by atoms with Crippen LogP contribution in [0.2, 0.25) is 0 Å². The normalized spacial score (nSPS) is 13.2. The summed E-state index contributed by atoms with van der Waals surface area (Å²) in [7, 11) is 0. The van der Waals surface area contributed by atoms with E-state index < -0.39 is 6.04 Å². The van der Waals surface area contributed by atoms with Crippen LogP contribution in [0.3, 0.4) is 0 Å². The molecule has 1 atom stereocenters. The lowest BCUT2D eigenvalue weighted by Crippen LogP contribution is -2.48. The molecular weight excluding hydrogens is 228 g/mol. The van der Waals surface area contributed by atoms with Gasteiger partial charge in [0, 0.05) is 6.54 Å². The van der Waals surface area contributed by atoms with Gasteiger partial charge in [-0.1, -0.05) is 45.0 Å². The highest BCUT2D eigenvalue weighted by Gasteiger charge is 2.26. The van der Waals surface area contributed by atoms with E-state index >= 15 is 0 Å². The number of rotatable bonds is 4. The molecule has 0 unspecified atom stereocenters. The van der Waals surface area contributed by atoms with E-state index in [1.807, 2.05) is 45.0 Å². The van der Waals surface area contributed by atoms with Gasteiger partial charge in [-0.05, 0) is 16.5 Å². The molecule has 1 aromatic rings. The van der Waals surface area contributed by atoms with Gasteiger partial charge in [0.05, 0.1) is 12.6 Å². The highest BCUT2D eigenvalue weighted by molar-refractivity contribution is 5.82. The maximum Gasteiger partial charge on any atom is 0.237 e. The first kappa shape index (κ1) is 14.7. The predicted octanol–water partition coefficient (Wildman–Crippen LogP) is 1.17. The van der Waals surface area contributed by atoms with Crippen molar-refractivity contribution in [3.05, 3.63) is 35.4 Å². The number of hydrogen-bond donors (Lipinski definition) is 3. The van der Waals surface area contributed by atoms with E-state index in [1.54, 1.807) is 0 Å². The first-order valence-corrected chi connectivity index (χ1v) is 6.06. The Bertz CT molecular complexity index is 393. The number of carbonyl (C=O) groups excluding carboxylic acids is 1. The van der Waals surface area contributed by atoms with Crippen molar-refractivity contribution in [2.24, 2.45) is 11.1 Å². The number of hydrogen-bond acceptors (Lipinski definition) is 3. The van der Waals surface area contributed by atoms with Gasteiger partial charge in [-0.2, -0.15) is 0 Å². The summed E-state index contributed by atoms with van der Waals surface area (Å²) >= 11 is 0. The number of amides is 1. The van der Waals surface area contributed by atoms with E-state index in [2.05, 4.69) is 5.32 Å². The third-order valence-electron chi connectivity index (χ3n) is 2.89. The maximum absolute atomic E-state index is 11.8. The Morgan fingerprint density at radius 3 is 2.22 bits per heavy atom. The van der Waals surface area contributed by atoms with Crippen molar-refractivity contribution in [3.63, 3.8) is 0 Å². The van der Waals surface area contributed by atoms with Crippen molar-refractivity contribution in [1.82, 2.24) is 5.32 Å². The fraction of sp³-hybridized carbons (Fsp3) is 0.500. The largest absolute Gasteiger partial charge is 0.392 e. The maximum atomic E-state index is 11.8. The molecule has 0 spiro atoms. The Balaban J connectivity index is 2.52. The molecule has 0 aliphatic rings. The number of carbonyl (C=O) groups is 1. The van der Waals surface area contributed by atoms with Crippen molar-refractivity contribution in [2.45, 2.75) is 40.0 Å². The molecule has 0 aliphatic carbocycles. The molecule has 1 rings (SSSR count). The molecule has 0 saturated heterocycles. The van der Waals surface area contributed by atoms with Crippen LogP contribution in [0, 0.1) is 5.41 Å². The Morgan fingerprint density at radius 1 is 1.28 bits per heavy atom. The fourth-order valence-electron chi connectivity index (χ4n) is 1.45. The first-order chi connectivity index (χ1) is 8.34. The van der Waals surface area contributed by atoms with Crippen molar-refractivity contribution < 1.29 is 9.90 Å². The third-order valence-corrected chi connectivity index (χ3v) is 2.89. The summed E-state index contributed by atoms with van der Waals surface area (Å²) in [6.45, 7) is 6.30. The quantitative estimate of drug-likeness (QED) is 0.751. The molecule has 100 valence electrons. The molecule has 4 heteroatoms. The van der Waals surface area contributed by atoms with E-state index in [0.717, 1.165) is 11.1 Å². The Kier molecular flexibility index (Phi) is 4.87. The highest BCUT2D eigenvalue weighted by Crippen LogP contribution is 2.17. The monoisotopic (exact) mass is 250 g/mol. The van der Waals surface area contributed by atoms with Crippen LogP contribution < -0.4 is 11.1 Å². The third kappa shape index (κ3) is 4.13. The number of aliphatic hydroxyl groups is 1. The SMILES string of the molecule is CC(C)(C)[C@H](N)C(=O)NCc1ccc(CO)cc1. The van der Waals surface area contributed by atoms with Crippen LogP contribution >= 0.6 is 0 Å². The molecule has 0 heterocycles. The van der Waals surface area contributed by atoms with Crippen LogP contribution in [0.5, 0.6) is 0 Å². The van der Waals surface area contributed by atoms with Gasteiger partial charge in [-0.3, -0.25) is 4.79 Å². The van der Waals surface area contributed by atoms with Gasteiger partial charge in [0.25, 0.3) is 0 Å². The molecule has 0 radical (unpaired) electrons. The standard InChI is InChI=1S/C14H22N2O2/c1-14(2,3)12(15)13(18)16-8-10-4-6-11(9-17)7-5-10/h4-7,12,17H,8-9,15H2,1-3H3,(H,16,18)/t12-/m1/s1. The highest BCUT2D eigenvalue weighted by atomic mass is 16.3. The summed E-state index contributed by atoms with van der Waals surface area (Å²) in [6, 6.07) is 6.92. The van der Waals surface area contributed by atoms with E-state index in [4.69, 9.17) is 10.8 Å². The summed E-state index contributed by atoms with van der Waals surface area (Å²) in [5.41, 5.74) is 7.46. The molecule has 0 aliphatic heterocycles. The van der Waals surface area contributed by atoms with E-state index in [0.29, 0.717) is 6.54 Å². The van der Waals surface area contributed by atoms with Crippen molar-refractivity contribution in [2.75, 3.05) is 0 Å². The molecule has 18 heavy (non-hydrogen) atoms. The molecule has 0 bridgehead atoms. The van der Waals surface area contributed by atoms with Gasteiger partial charge in [0.1, 0.15) is 0 Å². The molecule has 1 aromatic carbocycles. The van der Waals surface area contributed by atoms with Crippen LogP contribution in [-0.2, 0) is 17.9 Å². The van der Waals surface area contributed by atoms with Gasteiger partial charge in [-0.25, -0.2) is 0 Å². The number of aliphatic hydroxyl groups excluding tert-OH is 1. The minimum Gasteiger partial charge on any atom is -0.392 e. The second-order valence-electron chi connectivity index (χ2n) is 5.54. The van der Waals surface area contributed by atoms with Gasteiger partial charge < -0.3 is 16.2 Å². The molecule has 1 amide bonds. The summed E-state index contributed by atoms with van der Waals surface area (Å²) in [4.78, 5) is 11.8. The van der Waals surface area contributed by atoms with Crippen LogP contribution in [0.15, 0.2) is 24.3 Å². The molecule has 4 nitrogen and oxygen atoms in total. The van der Waals surface area contributed by atoms with Gasteiger partial charge >= 0.3 is 0 Å². The van der Waals surface area contributed by atoms with Gasteiger partial charge in [0.2, 0.25) is 5.91 Å². The zero-order valence-electron chi connectivity index (χ0n) is 11.2. The summed E-state index contributed by atoms with van der Waals surface area (Å²) < 4.78 is 0. The fourth-order valence-corrected chi connectivity index (χ4v) is 1.45. The molecule has 4 N–H and O–H groups in total. The van der Waals surface area contributed by atoms with Crippen LogP contribution in [0.1, 0.15) is 31.9 Å². The summed E-state index contributed by atoms with van der Waals surface area (Å²) in [6.07, 6.45) is 0. The Morgan fingerprint density at radius 2 is 1.78 bits per heavy atom. The average molecular weight is 250 g/mol. The predicted molar refractivity (Wildman–Crippen MR) is 71.6 cm³/mol. The lowest BCUT2D eigenvalue weighted by atomic mass is 9.87. The van der Waals surface area contributed by atoms with E-state index in [-0.39, 0.29) is 17.9 Å².